The highest BCUT2D eigenvalue weighted by atomic mass is 35.5. The predicted molar refractivity (Wildman–Crippen MR) is 127 cm³/mol. The van der Waals surface area contributed by atoms with Gasteiger partial charge in [-0.2, -0.15) is 5.10 Å². The number of benzene rings is 3. The van der Waals surface area contributed by atoms with E-state index in [1.165, 1.54) is 23.9 Å². The number of thioether (sulfide) groups is 1. The minimum atomic E-state index is -0.437. The Morgan fingerprint density at radius 3 is 2.34 bits per heavy atom. The monoisotopic (exact) mass is 469 g/mol. The summed E-state index contributed by atoms with van der Waals surface area (Å²) in [6.45, 7) is 0.301. The SMILES string of the molecule is O=C(CSCc1ccc(Cl)cc1)N/N=C\c1ccc(OCc2ccc([N+](=O)[O-])cc2)cc1. The maximum absolute atomic E-state index is 11.9. The molecule has 0 aliphatic rings. The number of non-ortho nitro benzene ring substituents is 1. The van der Waals surface area contributed by atoms with Gasteiger partial charge in [0.2, 0.25) is 5.91 Å². The summed E-state index contributed by atoms with van der Waals surface area (Å²) in [4.78, 5) is 22.1. The quantitative estimate of drug-likeness (QED) is 0.250. The number of hydrogen-bond donors (Lipinski definition) is 1. The lowest BCUT2D eigenvalue weighted by atomic mass is 10.2. The van der Waals surface area contributed by atoms with E-state index in [-0.39, 0.29) is 11.6 Å². The zero-order chi connectivity index (χ0) is 22.8. The van der Waals surface area contributed by atoms with Gasteiger partial charge in [0.15, 0.2) is 0 Å². The molecule has 0 radical (unpaired) electrons. The number of rotatable bonds is 10. The van der Waals surface area contributed by atoms with Crippen molar-refractivity contribution < 1.29 is 14.5 Å². The van der Waals surface area contributed by atoms with Gasteiger partial charge in [0.05, 0.1) is 16.9 Å². The number of nitrogens with one attached hydrogen (secondary N) is 1. The number of nitro benzene ring substituents is 1. The molecule has 164 valence electrons. The molecule has 3 rings (SSSR count). The molecule has 1 N–H and O–H groups in total. The molecule has 3 aromatic carbocycles. The van der Waals surface area contributed by atoms with Crippen LogP contribution in [-0.4, -0.2) is 22.8 Å². The van der Waals surface area contributed by atoms with E-state index < -0.39 is 4.92 Å². The standard InChI is InChI=1S/C23H20ClN3O4S/c24-20-7-1-19(2-8-20)15-32-16-23(28)26-25-13-17-5-11-22(12-6-17)31-14-18-3-9-21(10-4-18)27(29)30/h1-13H,14-16H2,(H,26,28)/b25-13-. The summed E-state index contributed by atoms with van der Waals surface area (Å²) in [6, 6.07) is 21.0. The highest BCUT2D eigenvalue weighted by molar-refractivity contribution is 7.99. The van der Waals surface area contributed by atoms with Gasteiger partial charge in [0.25, 0.3) is 5.69 Å². The first-order chi connectivity index (χ1) is 15.5. The molecule has 0 bridgehead atoms. The van der Waals surface area contributed by atoms with Crippen molar-refractivity contribution in [1.29, 1.82) is 0 Å². The first kappa shape index (κ1) is 23.3. The number of halogens is 1. The number of hydrazone groups is 1. The third-order valence-electron chi connectivity index (χ3n) is 4.25. The van der Waals surface area contributed by atoms with Gasteiger partial charge in [-0.15, -0.1) is 11.8 Å². The van der Waals surface area contributed by atoms with Gasteiger partial charge in [-0.25, -0.2) is 5.43 Å². The smallest absolute Gasteiger partial charge is 0.269 e. The van der Waals surface area contributed by atoms with E-state index in [1.807, 2.05) is 36.4 Å². The third-order valence-corrected chi connectivity index (χ3v) is 5.51. The van der Waals surface area contributed by atoms with Gasteiger partial charge in [-0.3, -0.25) is 14.9 Å². The fourth-order valence-electron chi connectivity index (χ4n) is 2.58. The van der Waals surface area contributed by atoms with Crippen LogP contribution >= 0.6 is 23.4 Å². The Labute approximate surface area is 194 Å². The lowest BCUT2D eigenvalue weighted by Gasteiger charge is -2.06. The molecule has 7 nitrogen and oxygen atoms in total. The van der Waals surface area contributed by atoms with Crippen LogP contribution in [0.5, 0.6) is 5.75 Å². The van der Waals surface area contributed by atoms with Crippen LogP contribution in [0.25, 0.3) is 0 Å². The van der Waals surface area contributed by atoms with E-state index in [9.17, 15) is 14.9 Å². The number of carbonyl (C=O) groups excluding carboxylic acids is 1. The maximum atomic E-state index is 11.9. The molecule has 0 aliphatic heterocycles. The van der Waals surface area contributed by atoms with Crippen molar-refractivity contribution in [1.82, 2.24) is 5.43 Å². The number of nitrogens with zero attached hydrogens (tertiary/aromatic N) is 2. The van der Waals surface area contributed by atoms with Crippen LogP contribution in [-0.2, 0) is 17.2 Å². The van der Waals surface area contributed by atoms with Crippen LogP contribution < -0.4 is 10.2 Å². The number of hydrogen-bond acceptors (Lipinski definition) is 6. The van der Waals surface area contributed by atoms with E-state index in [2.05, 4.69) is 10.5 Å². The Balaban J connectivity index is 1.38. The molecule has 32 heavy (non-hydrogen) atoms. The molecule has 9 heteroatoms. The topological polar surface area (TPSA) is 93.8 Å². The first-order valence-electron chi connectivity index (χ1n) is 9.60. The van der Waals surface area contributed by atoms with Gasteiger partial charge in [-0.1, -0.05) is 23.7 Å². The summed E-state index contributed by atoms with van der Waals surface area (Å²) >= 11 is 7.35. The minimum absolute atomic E-state index is 0.0460. The Morgan fingerprint density at radius 1 is 1.03 bits per heavy atom. The van der Waals surface area contributed by atoms with Gasteiger partial charge < -0.3 is 4.74 Å². The van der Waals surface area contributed by atoms with Gasteiger partial charge in [0, 0.05) is 22.9 Å². The number of nitro groups is 1. The molecule has 0 heterocycles. The van der Waals surface area contributed by atoms with Crippen LogP contribution in [0.2, 0.25) is 5.02 Å². The first-order valence-corrected chi connectivity index (χ1v) is 11.1. The Hall–Kier alpha value is -3.36. The summed E-state index contributed by atoms with van der Waals surface area (Å²) in [7, 11) is 0. The molecule has 0 aliphatic carbocycles. The second-order valence-electron chi connectivity index (χ2n) is 6.69. The van der Waals surface area contributed by atoms with Crippen molar-refractivity contribution in [3.8, 4) is 5.75 Å². The highest BCUT2D eigenvalue weighted by Gasteiger charge is 2.04. The lowest BCUT2D eigenvalue weighted by molar-refractivity contribution is -0.384. The van der Waals surface area contributed by atoms with Crippen molar-refractivity contribution in [3.05, 3.63) is 105 Å². The molecule has 1 amide bonds. The predicted octanol–water partition coefficient (Wildman–Crippen LogP) is 5.21. The molecule has 0 atom stereocenters. The van der Waals surface area contributed by atoms with Crippen LogP contribution in [0.15, 0.2) is 77.9 Å². The summed E-state index contributed by atoms with van der Waals surface area (Å²) in [5.74, 6) is 1.50. The molecule has 0 unspecified atom stereocenters. The normalized spacial score (nSPS) is 10.8. The van der Waals surface area contributed by atoms with Crippen molar-refractivity contribution in [2.24, 2.45) is 5.10 Å². The van der Waals surface area contributed by atoms with Crippen LogP contribution in [0.1, 0.15) is 16.7 Å². The fraction of sp³-hybridized carbons (Fsp3) is 0.130. The largest absolute Gasteiger partial charge is 0.489 e. The number of amides is 1. The number of carbonyl (C=O) groups is 1. The summed E-state index contributed by atoms with van der Waals surface area (Å²) in [5.41, 5.74) is 5.30. The molecule has 0 saturated heterocycles. The molecule has 3 aromatic rings. The lowest BCUT2D eigenvalue weighted by Crippen LogP contribution is -2.19. The number of ether oxygens (including phenoxy) is 1. The fourth-order valence-corrected chi connectivity index (χ4v) is 3.49. The summed E-state index contributed by atoms with van der Waals surface area (Å²) in [5, 5.41) is 15.3. The third kappa shape index (κ3) is 7.72. The van der Waals surface area contributed by atoms with Crippen LogP contribution in [0.4, 0.5) is 5.69 Å². The molecule has 0 saturated carbocycles. The molecular formula is C23H20ClN3O4S. The highest BCUT2D eigenvalue weighted by Crippen LogP contribution is 2.17. The molecule has 0 fully saturated rings. The maximum Gasteiger partial charge on any atom is 0.269 e. The summed E-state index contributed by atoms with van der Waals surface area (Å²) in [6.07, 6.45) is 1.56. The zero-order valence-corrected chi connectivity index (χ0v) is 18.5. The van der Waals surface area contributed by atoms with Gasteiger partial charge in [-0.05, 0) is 65.2 Å². The second kappa shape index (κ2) is 11.9. The van der Waals surface area contributed by atoms with Crippen LogP contribution in [0, 0.1) is 10.1 Å². The molecule has 0 aromatic heterocycles. The van der Waals surface area contributed by atoms with E-state index in [0.29, 0.717) is 23.1 Å². The Bertz CT molecular complexity index is 1070. The second-order valence-corrected chi connectivity index (χ2v) is 8.12. The van der Waals surface area contributed by atoms with Crippen molar-refractivity contribution in [2.45, 2.75) is 12.4 Å². The zero-order valence-electron chi connectivity index (χ0n) is 16.9. The average molecular weight is 470 g/mol. The Kier molecular flexibility index (Phi) is 8.65. The molecular weight excluding hydrogens is 450 g/mol. The van der Waals surface area contributed by atoms with E-state index >= 15 is 0 Å². The summed E-state index contributed by atoms with van der Waals surface area (Å²) < 4.78 is 5.68. The van der Waals surface area contributed by atoms with Gasteiger partial charge in [0.1, 0.15) is 12.4 Å². The van der Waals surface area contributed by atoms with E-state index in [4.69, 9.17) is 16.3 Å². The van der Waals surface area contributed by atoms with E-state index in [0.717, 1.165) is 22.4 Å². The van der Waals surface area contributed by atoms with E-state index in [1.54, 1.807) is 30.5 Å². The van der Waals surface area contributed by atoms with Crippen molar-refractivity contribution in [3.63, 3.8) is 0 Å². The van der Waals surface area contributed by atoms with Crippen molar-refractivity contribution >= 4 is 41.2 Å². The van der Waals surface area contributed by atoms with Crippen molar-refractivity contribution in [2.75, 3.05) is 5.75 Å². The van der Waals surface area contributed by atoms with Gasteiger partial charge >= 0.3 is 0 Å². The minimum Gasteiger partial charge on any atom is -0.489 e. The Morgan fingerprint density at radius 2 is 1.69 bits per heavy atom. The van der Waals surface area contributed by atoms with Crippen LogP contribution in [0.3, 0.4) is 0 Å². The average Bonchev–Trinajstić information content (AvgIpc) is 2.80. The molecule has 0 spiro atoms.